The fourth-order valence-electron chi connectivity index (χ4n) is 4.85. The zero-order valence-electron chi connectivity index (χ0n) is 22.5. The summed E-state index contributed by atoms with van der Waals surface area (Å²) in [5.74, 6) is -4.07. The Hall–Kier alpha value is -3.42. The van der Waals surface area contributed by atoms with Crippen LogP contribution >= 0.6 is 0 Å². The summed E-state index contributed by atoms with van der Waals surface area (Å²) in [6, 6.07) is 14.3. The van der Waals surface area contributed by atoms with Crippen molar-refractivity contribution in [2.75, 3.05) is 11.9 Å². The lowest BCUT2D eigenvalue weighted by Gasteiger charge is -2.27. The van der Waals surface area contributed by atoms with Gasteiger partial charge in [-0.3, -0.25) is 4.79 Å². The van der Waals surface area contributed by atoms with Crippen LogP contribution in [0, 0.1) is 23.0 Å². The molecule has 0 saturated carbocycles. The van der Waals surface area contributed by atoms with Crippen LogP contribution in [0.2, 0.25) is 0 Å². The molecular weight excluding hydrogens is 513 g/mol. The fraction of sp³-hybridized carbons (Fsp3) is 0.387. The quantitative estimate of drug-likeness (QED) is 0.236. The van der Waals surface area contributed by atoms with E-state index in [1.165, 1.54) is 24.3 Å². The molecule has 210 valence electrons. The standard InChI is InChI=1S/C31H34F5NO2/c1-19(2)14-26(29(38)39)25-17-23(16-24(28(25)31(34,35)36)20-8-6-5-7-9-20)37-13-12-30(3,4)18-21-10-11-22(32)15-27(21)33/h5-11,15-17,19,26,37H,12-14,18H2,1-4H3,(H,38,39). The summed E-state index contributed by atoms with van der Waals surface area (Å²) in [5, 5.41) is 13.1. The number of carboxylic acid groups (broad SMARTS) is 1. The zero-order chi connectivity index (χ0) is 29.0. The second-order valence-electron chi connectivity index (χ2n) is 11.1. The van der Waals surface area contributed by atoms with Crippen molar-refractivity contribution in [3.63, 3.8) is 0 Å². The van der Waals surface area contributed by atoms with Crippen molar-refractivity contribution in [1.82, 2.24) is 0 Å². The van der Waals surface area contributed by atoms with Crippen molar-refractivity contribution in [3.05, 3.63) is 89.0 Å². The number of hydrogen-bond donors (Lipinski definition) is 2. The molecule has 0 spiro atoms. The van der Waals surface area contributed by atoms with E-state index in [1.54, 1.807) is 44.2 Å². The van der Waals surface area contributed by atoms with E-state index in [0.717, 1.165) is 6.07 Å². The summed E-state index contributed by atoms with van der Waals surface area (Å²) in [5.41, 5.74) is -0.650. The Kier molecular flexibility index (Phi) is 9.41. The zero-order valence-corrected chi connectivity index (χ0v) is 22.5. The highest BCUT2D eigenvalue weighted by atomic mass is 19.4. The van der Waals surface area contributed by atoms with Gasteiger partial charge in [0.05, 0.1) is 11.5 Å². The molecule has 0 aliphatic heterocycles. The van der Waals surface area contributed by atoms with Crippen LogP contribution in [-0.4, -0.2) is 17.6 Å². The first kappa shape index (κ1) is 30.1. The minimum Gasteiger partial charge on any atom is -0.481 e. The molecule has 0 aliphatic carbocycles. The summed E-state index contributed by atoms with van der Waals surface area (Å²) in [4.78, 5) is 12.2. The van der Waals surface area contributed by atoms with Crippen molar-refractivity contribution in [1.29, 1.82) is 0 Å². The first-order valence-corrected chi connectivity index (χ1v) is 12.9. The van der Waals surface area contributed by atoms with Gasteiger partial charge < -0.3 is 10.4 Å². The third kappa shape index (κ3) is 8.04. The van der Waals surface area contributed by atoms with E-state index in [1.807, 2.05) is 13.8 Å². The Bertz CT molecular complexity index is 1290. The maximum atomic E-state index is 14.5. The second kappa shape index (κ2) is 12.2. The van der Waals surface area contributed by atoms with Crippen molar-refractivity contribution in [3.8, 4) is 11.1 Å². The van der Waals surface area contributed by atoms with E-state index in [-0.39, 0.29) is 23.5 Å². The lowest BCUT2D eigenvalue weighted by molar-refractivity contribution is -0.141. The van der Waals surface area contributed by atoms with E-state index in [9.17, 15) is 31.9 Å². The maximum Gasteiger partial charge on any atom is 0.417 e. The maximum absolute atomic E-state index is 14.5. The third-order valence-electron chi connectivity index (χ3n) is 6.73. The number of nitrogens with one attached hydrogen (secondary N) is 1. The average molecular weight is 548 g/mol. The molecular formula is C31H34F5NO2. The topological polar surface area (TPSA) is 49.3 Å². The molecule has 8 heteroatoms. The van der Waals surface area contributed by atoms with Gasteiger partial charge in [-0.1, -0.05) is 64.1 Å². The highest BCUT2D eigenvalue weighted by Gasteiger charge is 2.40. The number of carbonyl (C=O) groups is 1. The molecule has 0 radical (unpaired) electrons. The number of rotatable bonds is 11. The number of carboxylic acids is 1. The van der Waals surface area contributed by atoms with Crippen molar-refractivity contribution in [2.45, 2.75) is 59.1 Å². The second-order valence-corrected chi connectivity index (χ2v) is 11.1. The van der Waals surface area contributed by atoms with Crippen LogP contribution in [0.15, 0.2) is 60.7 Å². The van der Waals surface area contributed by atoms with E-state index >= 15 is 0 Å². The average Bonchev–Trinajstić information content (AvgIpc) is 2.83. The van der Waals surface area contributed by atoms with Gasteiger partial charge in [-0.25, -0.2) is 8.78 Å². The van der Waals surface area contributed by atoms with Gasteiger partial charge in [0.1, 0.15) is 11.6 Å². The van der Waals surface area contributed by atoms with Gasteiger partial charge in [-0.2, -0.15) is 13.2 Å². The molecule has 1 unspecified atom stereocenters. The van der Waals surface area contributed by atoms with Gasteiger partial charge in [-0.15, -0.1) is 0 Å². The first-order valence-electron chi connectivity index (χ1n) is 12.9. The monoisotopic (exact) mass is 547 g/mol. The molecule has 2 N–H and O–H groups in total. The SMILES string of the molecule is CC(C)CC(C(=O)O)c1cc(NCCC(C)(C)Cc2ccc(F)cc2F)cc(-c2ccccc2)c1C(F)(F)F. The van der Waals surface area contributed by atoms with E-state index in [4.69, 9.17) is 0 Å². The first-order chi connectivity index (χ1) is 18.2. The van der Waals surface area contributed by atoms with E-state index in [0.29, 0.717) is 36.2 Å². The van der Waals surface area contributed by atoms with Gasteiger partial charge >= 0.3 is 12.1 Å². The lowest BCUT2D eigenvalue weighted by Crippen LogP contribution is -2.22. The molecule has 0 bridgehead atoms. The molecule has 3 aromatic rings. The van der Waals surface area contributed by atoms with Gasteiger partial charge in [0, 0.05) is 18.3 Å². The molecule has 39 heavy (non-hydrogen) atoms. The van der Waals surface area contributed by atoms with Crippen LogP contribution < -0.4 is 5.32 Å². The number of anilines is 1. The summed E-state index contributed by atoms with van der Waals surface area (Å²) in [6.07, 6.45) is -3.86. The van der Waals surface area contributed by atoms with Crippen molar-refractivity contribution in [2.24, 2.45) is 11.3 Å². The molecule has 0 aromatic heterocycles. The molecule has 0 heterocycles. The minimum atomic E-state index is -4.77. The smallest absolute Gasteiger partial charge is 0.417 e. The van der Waals surface area contributed by atoms with Crippen LogP contribution in [0.1, 0.15) is 63.1 Å². The summed E-state index contributed by atoms with van der Waals surface area (Å²) < 4.78 is 70.9. The number of benzene rings is 3. The third-order valence-corrected chi connectivity index (χ3v) is 6.73. The number of alkyl halides is 3. The van der Waals surface area contributed by atoms with Gasteiger partial charge in [-0.05, 0) is 71.0 Å². The Balaban J connectivity index is 1.98. The van der Waals surface area contributed by atoms with Crippen LogP contribution in [0.3, 0.4) is 0 Å². The summed E-state index contributed by atoms with van der Waals surface area (Å²) >= 11 is 0. The number of hydrogen-bond acceptors (Lipinski definition) is 2. The van der Waals surface area contributed by atoms with Gasteiger partial charge in [0.2, 0.25) is 0 Å². The van der Waals surface area contributed by atoms with Crippen LogP contribution in [-0.2, 0) is 17.4 Å². The fourth-order valence-corrected chi connectivity index (χ4v) is 4.85. The number of halogens is 5. The molecule has 3 nitrogen and oxygen atoms in total. The molecule has 3 rings (SSSR count). The molecule has 0 saturated heterocycles. The molecule has 3 aromatic carbocycles. The van der Waals surface area contributed by atoms with Gasteiger partial charge in [0.25, 0.3) is 0 Å². The Labute approximate surface area is 226 Å². The van der Waals surface area contributed by atoms with Crippen LogP contribution in [0.5, 0.6) is 0 Å². The Morgan fingerprint density at radius 2 is 1.64 bits per heavy atom. The predicted octanol–water partition coefficient (Wildman–Crippen LogP) is 8.94. The van der Waals surface area contributed by atoms with Crippen LogP contribution in [0.25, 0.3) is 11.1 Å². The number of aliphatic carboxylic acids is 1. The summed E-state index contributed by atoms with van der Waals surface area (Å²) in [7, 11) is 0. The Morgan fingerprint density at radius 3 is 2.21 bits per heavy atom. The molecule has 1 atom stereocenters. The molecule has 0 fully saturated rings. The molecule has 0 amide bonds. The normalized spacial score (nSPS) is 13.0. The van der Waals surface area contributed by atoms with E-state index in [2.05, 4.69) is 5.32 Å². The van der Waals surface area contributed by atoms with Crippen molar-refractivity contribution < 1.29 is 31.9 Å². The predicted molar refractivity (Wildman–Crippen MR) is 144 cm³/mol. The highest BCUT2D eigenvalue weighted by molar-refractivity contribution is 5.81. The Morgan fingerprint density at radius 1 is 0.974 bits per heavy atom. The van der Waals surface area contributed by atoms with Gasteiger partial charge in [0.15, 0.2) is 0 Å². The minimum absolute atomic E-state index is 0.0480. The lowest BCUT2D eigenvalue weighted by atomic mass is 9.82. The molecule has 0 aliphatic rings. The van der Waals surface area contributed by atoms with Crippen LogP contribution in [0.4, 0.5) is 27.6 Å². The van der Waals surface area contributed by atoms with E-state index < -0.39 is 40.7 Å². The highest BCUT2D eigenvalue weighted by Crippen LogP contribution is 2.45. The summed E-state index contributed by atoms with van der Waals surface area (Å²) in [6.45, 7) is 7.74. The largest absolute Gasteiger partial charge is 0.481 e. The van der Waals surface area contributed by atoms with Crippen molar-refractivity contribution >= 4 is 11.7 Å².